The number of aromatic nitrogens is 1. The maximum absolute atomic E-state index is 10.4. The molecule has 86 valence electrons. The van der Waals surface area contributed by atoms with Crippen LogP contribution in [-0.2, 0) is 16.7 Å². The Morgan fingerprint density at radius 1 is 1.07 bits per heavy atom. The molecule has 15 heavy (non-hydrogen) atoms. The van der Waals surface area contributed by atoms with Crippen LogP contribution >= 0.6 is 0 Å². The zero-order valence-corrected chi connectivity index (χ0v) is 9.10. The quantitative estimate of drug-likeness (QED) is 0.454. The molecule has 0 aromatic carbocycles. The molecule has 0 aliphatic carbocycles. The SMILES string of the molecule is O=S(=O)(O)CCCC[n+]1ccccc1.[OH-]. The summed E-state index contributed by atoms with van der Waals surface area (Å²) in [5.41, 5.74) is 0. The maximum Gasteiger partial charge on any atom is 0.264 e. The summed E-state index contributed by atoms with van der Waals surface area (Å²) in [6.45, 7) is 0.774. The van der Waals surface area contributed by atoms with E-state index in [2.05, 4.69) is 0 Å². The van der Waals surface area contributed by atoms with Crippen molar-refractivity contribution in [2.75, 3.05) is 5.75 Å². The Labute approximate surface area is 89.4 Å². The van der Waals surface area contributed by atoms with Gasteiger partial charge in [0.1, 0.15) is 6.54 Å². The van der Waals surface area contributed by atoms with E-state index in [9.17, 15) is 8.42 Å². The van der Waals surface area contributed by atoms with Crippen molar-refractivity contribution in [1.82, 2.24) is 0 Å². The van der Waals surface area contributed by atoms with Crippen LogP contribution < -0.4 is 4.57 Å². The fourth-order valence-electron chi connectivity index (χ4n) is 1.16. The molecule has 0 radical (unpaired) electrons. The van der Waals surface area contributed by atoms with Crippen LogP contribution in [0.15, 0.2) is 30.6 Å². The standard InChI is InChI=1S/C9H13NO3S.H2O/c11-14(12,13)9-5-4-8-10-6-2-1-3-7-10;/h1-3,6-7H,4-5,8-9H2;1H2. The minimum atomic E-state index is -3.79. The minimum Gasteiger partial charge on any atom is -0.870 e. The maximum atomic E-state index is 10.4. The van der Waals surface area contributed by atoms with Crippen LogP contribution in [0.4, 0.5) is 0 Å². The molecule has 0 saturated heterocycles. The Hall–Kier alpha value is -0.980. The molecule has 0 bridgehead atoms. The van der Waals surface area contributed by atoms with Crippen molar-refractivity contribution >= 4 is 10.1 Å². The lowest BCUT2D eigenvalue weighted by molar-refractivity contribution is -0.697. The van der Waals surface area contributed by atoms with Gasteiger partial charge in [-0.25, -0.2) is 4.57 Å². The molecule has 1 rings (SSSR count). The lowest BCUT2D eigenvalue weighted by Crippen LogP contribution is -2.32. The average Bonchev–Trinajstić information content (AvgIpc) is 2.13. The number of aryl methyl sites for hydroxylation is 1. The average molecular weight is 233 g/mol. The first-order valence-electron chi connectivity index (χ1n) is 4.47. The molecule has 2 N–H and O–H groups in total. The van der Waals surface area contributed by atoms with Gasteiger partial charge in [0.15, 0.2) is 12.4 Å². The molecule has 1 aromatic rings. The first-order valence-corrected chi connectivity index (χ1v) is 6.08. The highest BCUT2D eigenvalue weighted by atomic mass is 32.2. The molecular formula is C9H15NO4S. The summed E-state index contributed by atoms with van der Waals surface area (Å²) in [5, 5.41) is 0. The molecule has 5 nitrogen and oxygen atoms in total. The van der Waals surface area contributed by atoms with Crippen LogP contribution in [0.25, 0.3) is 0 Å². The Morgan fingerprint density at radius 3 is 2.20 bits per heavy atom. The van der Waals surface area contributed by atoms with Crippen molar-refractivity contribution in [3.8, 4) is 0 Å². The summed E-state index contributed by atoms with van der Waals surface area (Å²) < 4.78 is 31.2. The molecule has 0 fully saturated rings. The number of nitrogens with zero attached hydrogens (tertiary/aromatic N) is 1. The Kier molecular flexibility index (Phi) is 6.07. The predicted molar refractivity (Wildman–Crippen MR) is 54.2 cm³/mol. The molecule has 0 spiro atoms. The summed E-state index contributed by atoms with van der Waals surface area (Å²) in [5.74, 6) is -0.152. The lowest BCUT2D eigenvalue weighted by atomic mass is 10.3. The van der Waals surface area contributed by atoms with E-state index in [-0.39, 0.29) is 11.2 Å². The van der Waals surface area contributed by atoms with Gasteiger partial charge in [-0.15, -0.1) is 0 Å². The zero-order chi connectivity index (χ0) is 10.4. The molecule has 0 aliphatic rings. The predicted octanol–water partition coefficient (Wildman–Crippen LogP) is 0.465. The van der Waals surface area contributed by atoms with Crippen molar-refractivity contribution in [3.05, 3.63) is 30.6 Å². The van der Waals surface area contributed by atoms with Gasteiger partial charge >= 0.3 is 0 Å². The van der Waals surface area contributed by atoms with E-state index in [1.165, 1.54) is 0 Å². The third-order valence-corrected chi connectivity index (χ3v) is 2.65. The Bertz CT molecular complexity index is 363. The van der Waals surface area contributed by atoms with E-state index < -0.39 is 10.1 Å². The van der Waals surface area contributed by atoms with Crippen LogP contribution in [0.3, 0.4) is 0 Å². The second-order valence-corrected chi connectivity index (χ2v) is 4.68. The van der Waals surface area contributed by atoms with Gasteiger partial charge in [0.05, 0.1) is 5.75 Å². The third-order valence-electron chi connectivity index (χ3n) is 1.85. The van der Waals surface area contributed by atoms with E-state index >= 15 is 0 Å². The second kappa shape index (κ2) is 6.49. The highest BCUT2D eigenvalue weighted by molar-refractivity contribution is 7.85. The summed E-state index contributed by atoms with van der Waals surface area (Å²) in [4.78, 5) is 0. The van der Waals surface area contributed by atoms with E-state index in [1.54, 1.807) is 0 Å². The van der Waals surface area contributed by atoms with Gasteiger partial charge < -0.3 is 5.48 Å². The molecule has 0 amide bonds. The first-order chi connectivity index (χ1) is 6.58. The second-order valence-electron chi connectivity index (χ2n) is 3.11. The molecule has 1 heterocycles. The van der Waals surface area contributed by atoms with Gasteiger partial charge in [-0.3, -0.25) is 4.55 Å². The number of hydrogen-bond acceptors (Lipinski definition) is 3. The third kappa shape index (κ3) is 7.01. The first kappa shape index (κ1) is 14.0. The van der Waals surface area contributed by atoms with Crippen molar-refractivity contribution in [3.63, 3.8) is 0 Å². The fourth-order valence-corrected chi connectivity index (χ4v) is 1.73. The minimum absolute atomic E-state index is 0. The number of rotatable bonds is 5. The normalized spacial score (nSPS) is 10.7. The van der Waals surface area contributed by atoms with Crippen LogP contribution in [0.1, 0.15) is 12.8 Å². The van der Waals surface area contributed by atoms with Crippen LogP contribution in [0.2, 0.25) is 0 Å². The summed E-state index contributed by atoms with van der Waals surface area (Å²) in [6, 6.07) is 5.76. The van der Waals surface area contributed by atoms with Gasteiger partial charge in [0.25, 0.3) is 10.1 Å². The summed E-state index contributed by atoms with van der Waals surface area (Å²) in [7, 11) is -3.79. The number of pyridine rings is 1. The summed E-state index contributed by atoms with van der Waals surface area (Å²) in [6.07, 6.45) is 5.08. The lowest BCUT2D eigenvalue weighted by Gasteiger charge is -1.96. The highest BCUT2D eigenvalue weighted by Crippen LogP contribution is 1.93. The van der Waals surface area contributed by atoms with Gasteiger partial charge in [-0.2, -0.15) is 8.42 Å². The topological polar surface area (TPSA) is 88.2 Å². The van der Waals surface area contributed by atoms with Crippen molar-refractivity contribution < 1.29 is 23.0 Å². The Balaban J connectivity index is 0.00000196. The smallest absolute Gasteiger partial charge is 0.264 e. The van der Waals surface area contributed by atoms with Gasteiger partial charge in [0, 0.05) is 18.6 Å². The van der Waals surface area contributed by atoms with E-state index in [0.717, 1.165) is 13.0 Å². The van der Waals surface area contributed by atoms with Gasteiger partial charge in [-0.05, 0) is 6.42 Å². The molecule has 0 aliphatic heterocycles. The number of unbranched alkanes of at least 4 members (excludes halogenated alkanes) is 1. The monoisotopic (exact) mass is 233 g/mol. The van der Waals surface area contributed by atoms with Crippen LogP contribution in [0, 0.1) is 0 Å². The molecule has 6 heteroatoms. The Morgan fingerprint density at radius 2 is 1.67 bits per heavy atom. The molecular weight excluding hydrogens is 218 g/mol. The number of hydrogen-bond donors (Lipinski definition) is 1. The molecule has 0 atom stereocenters. The van der Waals surface area contributed by atoms with E-state index in [0.29, 0.717) is 6.42 Å². The van der Waals surface area contributed by atoms with Gasteiger partial charge in [0.2, 0.25) is 0 Å². The molecule has 1 aromatic heterocycles. The fraction of sp³-hybridized carbons (Fsp3) is 0.444. The van der Waals surface area contributed by atoms with Crippen molar-refractivity contribution in [2.24, 2.45) is 0 Å². The zero-order valence-electron chi connectivity index (χ0n) is 8.28. The van der Waals surface area contributed by atoms with Crippen LogP contribution in [0.5, 0.6) is 0 Å². The van der Waals surface area contributed by atoms with E-state index in [1.807, 2.05) is 35.2 Å². The van der Waals surface area contributed by atoms with Crippen LogP contribution in [-0.4, -0.2) is 24.2 Å². The molecule has 0 unspecified atom stereocenters. The molecule has 0 saturated carbocycles. The van der Waals surface area contributed by atoms with Gasteiger partial charge in [-0.1, -0.05) is 6.07 Å². The largest absolute Gasteiger partial charge is 0.870 e. The van der Waals surface area contributed by atoms with Crippen molar-refractivity contribution in [2.45, 2.75) is 19.4 Å². The summed E-state index contributed by atoms with van der Waals surface area (Å²) >= 11 is 0. The van der Waals surface area contributed by atoms with Crippen molar-refractivity contribution in [1.29, 1.82) is 0 Å². The highest BCUT2D eigenvalue weighted by Gasteiger charge is 2.04. The van der Waals surface area contributed by atoms with E-state index in [4.69, 9.17) is 4.55 Å².